The number of likely N-dealkylation sites (tertiary alicyclic amines) is 1. The van der Waals surface area contributed by atoms with Crippen molar-refractivity contribution in [3.05, 3.63) is 41.3 Å². The van der Waals surface area contributed by atoms with E-state index in [1.165, 1.54) is 19.3 Å². The maximum atomic E-state index is 15.4. The Balaban J connectivity index is 1.10. The van der Waals surface area contributed by atoms with Crippen LogP contribution in [0.25, 0.3) is 10.9 Å². The van der Waals surface area contributed by atoms with Crippen molar-refractivity contribution in [3.63, 3.8) is 0 Å². The van der Waals surface area contributed by atoms with E-state index in [1.54, 1.807) is 6.20 Å². The van der Waals surface area contributed by atoms with Crippen LogP contribution in [0.2, 0.25) is 5.02 Å². The summed E-state index contributed by atoms with van der Waals surface area (Å²) in [5.74, 6) is 1.05. The first-order chi connectivity index (χ1) is 17.0. The van der Waals surface area contributed by atoms with Gasteiger partial charge in [0.1, 0.15) is 6.17 Å². The van der Waals surface area contributed by atoms with Gasteiger partial charge >= 0.3 is 0 Å². The summed E-state index contributed by atoms with van der Waals surface area (Å²) in [4.78, 5) is 11.1. The van der Waals surface area contributed by atoms with E-state index in [4.69, 9.17) is 21.3 Å². The van der Waals surface area contributed by atoms with Gasteiger partial charge in [-0.25, -0.2) is 14.4 Å². The number of fused-ring (bicyclic) bond motifs is 1. The van der Waals surface area contributed by atoms with Gasteiger partial charge in [0.2, 0.25) is 5.95 Å². The molecule has 5 fully saturated rings. The third kappa shape index (κ3) is 3.63. The molecule has 2 aromatic heterocycles. The molecule has 4 atom stereocenters. The zero-order valence-electron chi connectivity index (χ0n) is 19.3. The van der Waals surface area contributed by atoms with Gasteiger partial charge in [-0.05, 0) is 55.8 Å². The molecule has 2 saturated heterocycles. The minimum atomic E-state index is -1.09. The largest absolute Gasteiger partial charge is 0.389 e. The average Bonchev–Trinajstić information content (AvgIpc) is 3.40. The van der Waals surface area contributed by atoms with Crippen molar-refractivity contribution < 1.29 is 14.2 Å². The number of ether oxygens (including phenoxy) is 1. The Morgan fingerprint density at radius 3 is 2.77 bits per heavy atom. The van der Waals surface area contributed by atoms with E-state index in [2.05, 4.69) is 20.1 Å². The summed E-state index contributed by atoms with van der Waals surface area (Å²) in [7, 11) is 0. The fraction of sp³-hybridized carbons (Fsp3) is 0.560. The third-order valence-electron chi connectivity index (χ3n) is 8.49. The lowest BCUT2D eigenvalue weighted by Crippen LogP contribution is -2.59. The molecule has 10 heteroatoms. The minimum Gasteiger partial charge on any atom is -0.389 e. The summed E-state index contributed by atoms with van der Waals surface area (Å²) in [5.41, 5.74) is 2.60. The standard InChI is InChI=1S/C25H28ClFN6O2/c26-19-3-15-8-28-24(30-16-9-29-33(10-16)25-5-14(6-25)7-25)31-21(15)4-18(19)17-1-2-32(11-20(17)27)22-12-35-13-23(22)34/h3-4,8-10,14,17,20,22-23,34H,1-2,5-7,11-13H2,(H,28,30,31). The van der Waals surface area contributed by atoms with Gasteiger partial charge in [-0.2, -0.15) is 5.10 Å². The first-order valence-corrected chi connectivity index (χ1v) is 12.8. The van der Waals surface area contributed by atoms with Gasteiger partial charge in [0, 0.05) is 35.3 Å². The van der Waals surface area contributed by atoms with E-state index in [0.717, 1.165) is 28.1 Å². The Morgan fingerprint density at radius 1 is 1.20 bits per heavy atom. The number of halogens is 2. The highest BCUT2D eigenvalue weighted by atomic mass is 35.5. The van der Waals surface area contributed by atoms with Crippen molar-refractivity contribution in [1.82, 2.24) is 24.6 Å². The summed E-state index contributed by atoms with van der Waals surface area (Å²) in [6.45, 7) is 1.71. The van der Waals surface area contributed by atoms with Crippen LogP contribution >= 0.6 is 11.6 Å². The van der Waals surface area contributed by atoms with Gasteiger partial charge in [0.15, 0.2) is 0 Å². The molecule has 4 unspecified atom stereocenters. The van der Waals surface area contributed by atoms with E-state index >= 15 is 4.39 Å². The number of nitrogens with one attached hydrogen (secondary N) is 1. The SMILES string of the molecule is OC1COCC1N1CCC(c2cc3nc(Nc4cnn(C56CC(C5)C6)c4)ncc3cc2Cl)C(F)C1. The van der Waals surface area contributed by atoms with Gasteiger partial charge in [-0.3, -0.25) is 9.58 Å². The monoisotopic (exact) mass is 498 g/mol. The van der Waals surface area contributed by atoms with Crippen molar-refractivity contribution >= 4 is 34.1 Å². The Labute approximate surface area is 207 Å². The van der Waals surface area contributed by atoms with Crippen molar-refractivity contribution in [2.24, 2.45) is 5.92 Å². The molecule has 2 bridgehead atoms. The maximum Gasteiger partial charge on any atom is 0.227 e. The van der Waals surface area contributed by atoms with Crippen molar-refractivity contribution in [2.75, 3.05) is 31.6 Å². The molecule has 0 amide bonds. The van der Waals surface area contributed by atoms with Crippen molar-refractivity contribution in [2.45, 2.75) is 55.5 Å². The number of benzene rings is 1. The Morgan fingerprint density at radius 2 is 2.06 bits per heavy atom. The number of hydrogen-bond donors (Lipinski definition) is 2. The normalized spacial score (nSPS) is 34.5. The van der Waals surface area contributed by atoms with Crippen LogP contribution in [0.5, 0.6) is 0 Å². The van der Waals surface area contributed by atoms with Gasteiger partial charge in [0.25, 0.3) is 0 Å². The number of rotatable bonds is 5. The summed E-state index contributed by atoms with van der Waals surface area (Å²) < 4.78 is 22.8. The molecule has 3 saturated carbocycles. The topological polar surface area (TPSA) is 88.3 Å². The number of nitrogens with zero attached hydrogens (tertiary/aromatic N) is 5. The average molecular weight is 499 g/mol. The molecule has 0 radical (unpaired) electrons. The Hall–Kier alpha value is -2.33. The molecule has 4 heterocycles. The maximum absolute atomic E-state index is 15.4. The van der Waals surface area contributed by atoms with Crippen LogP contribution in [0.3, 0.4) is 0 Å². The summed E-state index contributed by atoms with van der Waals surface area (Å²) >= 11 is 6.60. The second-order valence-electron chi connectivity index (χ2n) is 10.7. The van der Waals surface area contributed by atoms with Crippen LogP contribution in [0, 0.1) is 5.92 Å². The van der Waals surface area contributed by atoms with Crippen LogP contribution in [-0.4, -0.2) is 74.4 Å². The van der Waals surface area contributed by atoms with Gasteiger partial charge in [-0.15, -0.1) is 0 Å². The fourth-order valence-electron chi connectivity index (χ4n) is 6.36. The number of aliphatic hydroxyl groups excluding tert-OH is 1. The number of anilines is 2. The molecule has 3 aliphatic carbocycles. The molecule has 5 aliphatic rings. The first kappa shape index (κ1) is 21.9. The number of piperidine rings is 1. The second kappa shape index (κ2) is 8.09. The quantitative estimate of drug-likeness (QED) is 0.555. The minimum absolute atomic E-state index is 0.137. The predicted molar refractivity (Wildman–Crippen MR) is 130 cm³/mol. The molecule has 184 valence electrons. The van der Waals surface area contributed by atoms with Crippen LogP contribution in [0.4, 0.5) is 16.0 Å². The number of alkyl halides is 1. The van der Waals surface area contributed by atoms with Crippen LogP contribution in [0.15, 0.2) is 30.7 Å². The van der Waals surface area contributed by atoms with E-state index in [1.807, 2.05) is 29.4 Å². The van der Waals surface area contributed by atoms with Crippen LogP contribution < -0.4 is 5.32 Å². The molecule has 2 N–H and O–H groups in total. The molecule has 1 aromatic carbocycles. The van der Waals surface area contributed by atoms with Crippen LogP contribution in [-0.2, 0) is 10.3 Å². The lowest BCUT2D eigenvalue weighted by atomic mass is 9.50. The predicted octanol–water partition coefficient (Wildman–Crippen LogP) is 3.62. The summed E-state index contributed by atoms with van der Waals surface area (Å²) in [5, 5.41) is 19.3. The Bertz CT molecular complexity index is 1270. The molecule has 8 nitrogen and oxygen atoms in total. The highest BCUT2D eigenvalue weighted by Gasteiger charge is 2.58. The molecule has 0 spiro atoms. The highest BCUT2D eigenvalue weighted by molar-refractivity contribution is 6.32. The highest BCUT2D eigenvalue weighted by Crippen LogP contribution is 2.62. The Kier molecular flexibility index (Phi) is 5.07. The molecule has 35 heavy (non-hydrogen) atoms. The molecular formula is C25H28ClFN6O2. The smallest absolute Gasteiger partial charge is 0.227 e. The van der Waals surface area contributed by atoms with E-state index in [9.17, 15) is 5.11 Å². The molecule has 8 rings (SSSR count). The zero-order valence-corrected chi connectivity index (χ0v) is 20.0. The van der Waals surface area contributed by atoms with Gasteiger partial charge < -0.3 is 15.2 Å². The van der Waals surface area contributed by atoms with E-state index in [0.29, 0.717) is 37.2 Å². The number of hydrogen-bond acceptors (Lipinski definition) is 7. The number of aliphatic hydroxyl groups is 1. The lowest BCUT2D eigenvalue weighted by Gasteiger charge is -2.61. The lowest BCUT2D eigenvalue weighted by molar-refractivity contribution is -0.0977. The molecule has 2 aliphatic heterocycles. The third-order valence-corrected chi connectivity index (χ3v) is 8.82. The van der Waals surface area contributed by atoms with Gasteiger partial charge in [-0.1, -0.05) is 11.6 Å². The van der Waals surface area contributed by atoms with Crippen LogP contribution in [0.1, 0.15) is 37.2 Å². The van der Waals surface area contributed by atoms with Crippen molar-refractivity contribution in [3.8, 4) is 0 Å². The summed E-state index contributed by atoms with van der Waals surface area (Å²) in [6, 6.07) is 3.59. The molecular weight excluding hydrogens is 471 g/mol. The zero-order chi connectivity index (χ0) is 23.7. The fourth-order valence-corrected chi connectivity index (χ4v) is 6.67. The van der Waals surface area contributed by atoms with E-state index in [-0.39, 0.29) is 24.0 Å². The van der Waals surface area contributed by atoms with Crippen molar-refractivity contribution in [1.29, 1.82) is 0 Å². The number of aromatic nitrogens is 4. The van der Waals surface area contributed by atoms with Gasteiger partial charge in [0.05, 0.1) is 48.3 Å². The first-order valence-electron chi connectivity index (χ1n) is 12.4. The second-order valence-corrected chi connectivity index (χ2v) is 11.1. The molecule has 3 aromatic rings. The summed E-state index contributed by atoms with van der Waals surface area (Å²) in [6.07, 6.45) is 8.25. The van der Waals surface area contributed by atoms with E-state index < -0.39 is 12.3 Å².